The molecular weight excluding hydrogens is 224 g/mol. The van der Waals surface area contributed by atoms with Crippen molar-refractivity contribution in [1.82, 2.24) is 0 Å². The predicted octanol–water partition coefficient (Wildman–Crippen LogP) is 2.40. The highest BCUT2D eigenvalue weighted by Crippen LogP contribution is 2.27. The van der Waals surface area contributed by atoms with Crippen LogP contribution in [0.3, 0.4) is 0 Å². The number of benzene rings is 1. The molecule has 0 atom stereocenters. The minimum absolute atomic E-state index is 0.0778. The number of nitrogens with one attached hydrogen (secondary N) is 1. The Kier molecular flexibility index (Phi) is 2.65. The van der Waals surface area contributed by atoms with Crippen LogP contribution in [0.25, 0.3) is 0 Å². The monoisotopic (exact) mass is 230 g/mol. The summed E-state index contributed by atoms with van der Waals surface area (Å²) >= 11 is 3.11. The van der Waals surface area contributed by atoms with Crippen molar-refractivity contribution >= 4 is 27.3 Å². The normalized spacial score (nSPS) is 9.50. The quantitative estimate of drug-likeness (QED) is 0.628. The van der Waals surface area contributed by atoms with E-state index in [9.17, 15) is 10.1 Å². The van der Waals surface area contributed by atoms with E-state index in [1.165, 1.54) is 6.07 Å². The van der Waals surface area contributed by atoms with Gasteiger partial charge in [-0.25, -0.2) is 0 Å². The Bertz CT molecular complexity index is 314. The van der Waals surface area contributed by atoms with Crippen LogP contribution in [0.2, 0.25) is 0 Å². The van der Waals surface area contributed by atoms with Crippen molar-refractivity contribution in [2.45, 2.75) is 0 Å². The molecule has 0 heterocycles. The first-order valence-corrected chi connectivity index (χ1v) is 4.06. The van der Waals surface area contributed by atoms with Gasteiger partial charge in [0.05, 0.1) is 9.40 Å². The molecule has 64 valence electrons. The maximum Gasteiger partial charge on any atom is 0.283 e. The lowest BCUT2D eigenvalue weighted by atomic mass is 10.3. The molecule has 4 nitrogen and oxygen atoms in total. The number of hydrogen-bond donors (Lipinski definition) is 1. The molecule has 0 unspecified atom stereocenters. The largest absolute Gasteiger partial charge is 0.388 e. The summed E-state index contributed by atoms with van der Waals surface area (Å²) in [6.45, 7) is 0. The number of anilines is 1. The topological polar surface area (TPSA) is 55.2 Å². The molecule has 1 aromatic carbocycles. The van der Waals surface area contributed by atoms with Gasteiger partial charge in [-0.3, -0.25) is 10.1 Å². The number of hydrogen-bond acceptors (Lipinski definition) is 3. The standard InChI is InChI=1S/C7H7BrN2O2/c1-9-5-2-3-7(10(11)12)6(8)4-5/h2-4,9H,1H3. The van der Waals surface area contributed by atoms with Crippen molar-refractivity contribution in [2.75, 3.05) is 12.4 Å². The van der Waals surface area contributed by atoms with Gasteiger partial charge >= 0.3 is 0 Å². The number of nitrogens with zero attached hydrogens (tertiary/aromatic N) is 1. The van der Waals surface area contributed by atoms with E-state index in [0.717, 1.165) is 5.69 Å². The van der Waals surface area contributed by atoms with Gasteiger partial charge in [0, 0.05) is 18.8 Å². The van der Waals surface area contributed by atoms with Gasteiger partial charge in [-0.15, -0.1) is 0 Å². The number of nitro benzene ring substituents is 1. The fourth-order valence-corrected chi connectivity index (χ4v) is 1.33. The molecule has 0 radical (unpaired) electrons. The van der Waals surface area contributed by atoms with E-state index in [2.05, 4.69) is 21.2 Å². The second-order valence-corrected chi connectivity index (χ2v) is 3.03. The van der Waals surface area contributed by atoms with Crippen molar-refractivity contribution in [3.8, 4) is 0 Å². The van der Waals surface area contributed by atoms with Crippen LogP contribution in [-0.4, -0.2) is 12.0 Å². The fourth-order valence-electron chi connectivity index (χ4n) is 0.810. The number of halogens is 1. The van der Waals surface area contributed by atoms with Gasteiger partial charge < -0.3 is 5.32 Å². The zero-order valence-electron chi connectivity index (χ0n) is 6.37. The summed E-state index contributed by atoms with van der Waals surface area (Å²) < 4.78 is 0.486. The molecule has 0 saturated heterocycles. The highest BCUT2D eigenvalue weighted by Gasteiger charge is 2.10. The number of rotatable bonds is 2. The Morgan fingerprint density at radius 1 is 1.58 bits per heavy atom. The van der Waals surface area contributed by atoms with Gasteiger partial charge in [0.15, 0.2) is 0 Å². The first-order valence-electron chi connectivity index (χ1n) is 3.27. The SMILES string of the molecule is CNc1ccc([N+](=O)[O-])c(Br)c1. The van der Waals surface area contributed by atoms with Crippen LogP contribution >= 0.6 is 15.9 Å². The van der Waals surface area contributed by atoms with E-state index >= 15 is 0 Å². The zero-order chi connectivity index (χ0) is 9.14. The second-order valence-electron chi connectivity index (χ2n) is 2.17. The third-order valence-electron chi connectivity index (χ3n) is 1.43. The van der Waals surface area contributed by atoms with Crippen LogP contribution in [0.1, 0.15) is 0 Å². The summed E-state index contributed by atoms with van der Waals surface area (Å²) in [4.78, 5) is 9.95. The first-order chi connectivity index (χ1) is 5.65. The van der Waals surface area contributed by atoms with E-state index in [1.54, 1.807) is 19.2 Å². The fraction of sp³-hybridized carbons (Fsp3) is 0.143. The summed E-state index contributed by atoms with van der Waals surface area (Å²) in [6.07, 6.45) is 0. The van der Waals surface area contributed by atoms with Crippen LogP contribution in [0.15, 0.2) is 22.7 Å². The van der Waals surface area contributed by atoms with Crippen LogP contribution in [0.4, 0.5) is 11.4 Å². The maximum atomic E-state index is 10.4. The molecular formula is C7H7BrN2O2. The highest BCUT2D eigenvalue weighted by molar-refractivity contribution is 9.10. The molecule has 0 aromatic heterocycles. The summed E-state index contributed by atoms with van der Waals surface area (Å²) in [5.41, 5.74) is 0.918. The summed E-state index contributed by atoms with van der Waals surface area (Å²) in [7, 11) is 1.76. The molecule has 0 spiro atoms. The molecule has 0 aliphatic carbocycles. The van der Waals surface area contributed by atoms with Crippen molar-refractivity contribution < 1.29 is 4.92 Å². The van der Waals surface area contributed by atoms with Gasteiger partial charge in [0.1, 0.15) is 0 Å². The van der Waals surface area contributed by atoms with E-state index in [1.807, 2.05) is 0 Å². The lowest BCUT2D eigenvalue weighted by Gasteiger charge is -1.99. The molecule has 0 bridgehead atoms. The molecule has 5 heteroatoms. The Morgan fingerprint density at radius 2 is 2.25 bits per heavy atom. The number of nitro groups is 1. The smallest absolute Gasteiger partial charge is 0.283 e. The van der Waals surface area contributed by atoms with Gasteiger partial charge in [0.25, 0.3) is 5.69 Å². The minimum atomic E-state index is -0.427. The van der Waals surface area contributed by atoms with E-state index in [0.29, 0.717) is 4.47 Å². The summed E-state index contributed by atoms with van der Waals surface area (Å²) in [5.74, 6) is 0. The summed E-state index contributed by atoms with van der Waals surface area (Å²) in [5, 5.41) is 13.3. The molecule has 1 rings (SSSR count). The second kappa shape index (κ2) is 3.53. The van der Waals surface area contributed by atoms with Crippen molar-refractivity contribution in [3.63, 3.8) is 0 Å². The Labute approximate surface area is 77.9 Å². The maximum absolute atomic E-state index is 10.4. The Hall–Kier alpha value is -1.10. The average Bonchev–Trinajstić information content (AvgIpc) is 2.03. The minimum Gasteiger partial charge on any atom is -0.388 e. The lowest BCUT2D eigenvalue weighted by Crippen LogP contribution is -1.92. The first kappa shape index (κ1) is 8.99. The van der Waals surface area contributed by atoms with Crippen LogP contribution in [0.5, 0.6) is 0 Å². The van der Waals surface area contributed by atoms with Gasteiger partial charge in [0.2, 0.25) is 0 Å². The van der Waals surface area contributed by atoms with Crippen LogP contribution in [0, 0.1) is 10.1 Å². The van der Waals surface area contributed by atoms with Crippen LogP contribution < -0.4 is 5.32 Å². The van der Waals surface area contributed by atoms with Crippen LogP contribution in [-0.2, 0) is 0 Å². The predicted molar refractivity (Wildman–Crippen MR) is 50.3 cm³/mol. The van der Waals surface area contributed by atoms with Crippen molar-refractivity contribution in [2.24, 2.45) is 0 Å². The van der Waals surface area contributed by atoms with E-state index in [-0.39, 0.29) is 5.69 Å². The third-order valence-corrected chi connectivity index (χ3v) is 2.07. The molecule has 0 amide bonds. The molecule has 0 fully saturated rings. The Morgan fingerprint density at radius 3 is 2.67 bits per heavy atom. The van der Waals surface area contributed by atoms with E-state index < -0.39 is 4.92 Å². The van der Waals surface area contributed by atoms with Gasteiger partial charge in [-0.05, 0) is 28.1 Å². The van der Waals surface area contributed by atoms with Gasteiger partial charge in [-0.1, -0.05) is 0 Å². The summed E-state index contributed by atoms with van der Waals surface area (Å²) in [6, 6.07) is 4.77. The molecule has 1 aromatic rings. The molecule has 0 saturated carbocycles. The third kappa shape index (κ3) is 1.73. The van der Waals surface area contributed by atoms with E-state index in [4.69, 9.17) is 0 Å². The van der Waals surface area contributed by atoms with Crippen molar-refractivity contribution in [3.05, 3.63) is 32.8 Å². The average molecular weight is 231 g/mol. The molecule has 1 N–H and O–H groups in total. The Balaban J connectivity index is 3.12. The zero-order valence-corrected chi connectivity index (χ0v) is 7.96. The lowest BCUT2D eigenvalue weighted by molar-refractivity contribution is -0.385. The van der Waals surface area contributed by atoms with Gasteiger partial charge in [-0.2, -0.15) is 0 Å². The highest BCUT2D eigenvalue weighted by atomic mass is 79.9. The molecule has 0 aliphatic rings. The molecule has 0 aliphatic heterocycles. The molecule has 12 heavy (non-hydrogen) atoms. The van der Waals surface area contributed by atoms with Crippen molar-refractivity contribution in [1.29, 1.82) is 0 Å².